The predicted molar refractivity (Wildman–Crippen MR) is 114 cm³/mol. The average Bonchev–Trinajstić information content (AvgIpc) is 3.03. The summed E-state index contributed by atoms with van der Waals surface area (Å²) < 4.78 is 0. The summed E-state index contributed by atoms with van der Waals surface area (Å²) in [4.78, 5) is 45.3. The van der Waals surface area contributed by atoms with E-state index in [9.17, 15) is 19.6 Å². The van der Waals surface area contributed by atoms with Crippen LogP contribution in [0, 0.1) is 11.3 Å². The van der Waals surface area contributed by atoms with Crippen molar-refractivity contribution in [1.29, 1.82) is 5.26 Å². The number of benzene rings is 2. The van der Waals surface area contributed by atoms with Crippen molar-refractivity contribution in [3.8, 4) is 6.07 Å². The molecule has 0 unspecified atom stereocenters. The van der Waals surface area contributed by atoms with Crippen molar-refractivity contribution < 1.29 is 14.4 Å². The van der Waals surface area contributed by atoms with Gasteiger partial charge < -0.3 is 4.90 Å². The molecule has 0 saturated heterocycles. The highest BCUT2D eigenvalue weighted by Crippen LogP contribution is 2.25. The van der Waals surface area contributed by atoms with E-state index in [0.29, 0.717) is 5.69 Å². The van der Waals surface area contributed by atoms with Crippen molar-refractivity contribution in [2.45, 2.75) is 26.8 Å². The fraction of sp³-hybridized carbons (Fsp3) is 0.261. The molecule has 0 bridgehead atoms. The molecule has 2 aromatic rings. The minimum absolute atomic E-state index is 0.254. The van der Waals surface area contributed by atoms with Crippen LogP contribution >= 0.6 is 0 Å². The summed E-state index contributed by atoms with van der Waals surface area (Å²) in [6.45, 7) is 7.27. The molecular formula is C23H22N4O3. The molecule has 0 fully saturated rings. The summed E-state index contributed by atoms with van der Waals surface area (Å²) >= 11 is 0. The lowest BCUT2D eigenvalue weighted by molar-refractivity contribution is -0.116. The average molecular weight is 402 g/mol. The minimum atomic E-state index is -1.13. The fourth-order valence-corrected chi connectivity index (χ4v) is 3.47. The molecular weight excluding hydrogens is 380 g/mol. The summed E-state index contributed by atoms with van der Waals surface area (Å²) in [5.74, 6) is -1.77. The third kappa shape index (κ3) is 3.72. The molecule has 1 heterocycles. The van der Waals surface area contributed by atoms with Crippen LogP contribution in [0.4, 0.5) is 11.4 Å². The topological polar surface area (TPSA) is 93.8 Å². The van der Waals surface area contributed by atoms with Gasteiger partial charge in [0.25, 0.3) is 11.8 Å². The van der Waals surface area contributed by atoms with Crippen LogP contribution in [-0.2, 0) is 4.79 Å². The Hall–Kier alpha value is -3.79. The quantitative estimate of drug-likeness (QED) is 0.523. The first-order valence-corrected chi connectivity index (χ1v) is 9.77. The van der Waals surface area contributed by atoms with E-state index >= 15 is 0 Å². The van der Waals surface area contributed by atoms with Crippen molar-refractivity contribution in [2.24, 2.45) is 4.99 Å². The monoisotopic (exact) mass is 402 g/mol. The van der Waals surface area contributed by atoms with Crippen molar-refractivity contribution in [2.75, 3.05) is 18.0 Å². The Labute approximate surface area is 175 Å². The number of aliphatic imine (C=N–C) groups is 1. The maximum atomic E-state index is 12.9. The summed E-state index contributed by atoms with van der Waals surface area (Å²) in [6, 6.07) is 14.3. The van der Waals surface area contributed by atoms with Crippen LogP contribution in [0.1, 0.15) is 41.5 Å². The summed E-state index contributed by atoms with van der Waals surface area (Å²) in [5, 5.41) is 9.48. The SMILES string of the molecule is CCN(CC)c1ccc(N=C(C#N)C(=O)[C@@H](C)N2C(=O)c3ccccc3C2=O)cc1. The van der Waals surface area contributed by atoms with Gasteiger partial charge in [0.1, 0.15) is 12.1 Å². The number of rotatable bonds is 7. The van der Waals surface area contributed by atoms with Gasteiger partial charge in [0.05, 0.1) is 16.8 Å². The van der Waals surface area contributed by atoms with Crippen LogP contribution in [0.25, 0.3) is 0 Å². The van der Waals surface area contributed by atoms with Crippen molar-refractivity contribution in [1.82, 2.24) is 4.90 Å². The van der Waals surface area contributed by atoms with E-state index in [1.807, 2.05) is 12.1 Å². The summed E-state index contributed by atoms with van der Waals surface area (Å²) in [7, 11) is 0. The van der Waals surface area contributed by atoms with Crippen LogP contribution in [-0.4, -0.2) is 47.3 Å². The predicted octanol–water partition coefficient (Wildman–Crippen LogP) is 3.38. The zero-order valence-electron chi connectivity index (χ0n) is 17.1. The van der Waals surface area contributed by atoms with Crippen LogP contribution < -0.4 is 4.90 Å². The fourth-order valence-electron chi connectivity index (χ4n) is 3.47. The molecule has 0 saturated carbocycles. The largest absolute Gasteiger partial charge is 0.372 e. The molecule has 152 valence electrons. The third-order valence-electron chi connectivity index (χ3n) is 5.15. The van der Waals surface area contributed by atoms with Gasteiger partial charge in [0.15, 0.2) is 5.71 Å². The van der Waals surface area contributed by atoms with Gasteiger partial charge in [-0.05, 0) is 57.2 Å². The van der Waals surface area contributed by atoms with E-state index in [1.54, 1.807) is 42.5 Å². The first-order valence-electron chi connectivity index (χ1n) is 9.77. The highest BCUT2D eigenvalue weighted by atomic mass is 16.2. The van der Waals surface area contributed by atoms with Gasteiger partial charge in [-0.15, -0.1) is 0 Å². The molecule has 0 aliphatic carbocycles. The zero-order valence-corrected chi connectivity index (χ0v) is 17.1. The van der Waals surface area contributed by atoms with E-state index < -0.39 is 23.6 Å². The molecule has 0 radical (unpaired) electrons. The highest BCUT2D eigenvalue weighted by molar-refractivity contribution is 6.48. The van der Waals surface area contributed by atoms with E-state index in [1.165, 1.54) is 6.92 Å². The second-order valence-corrected chi connectivity index (χ2v) is 6.83. The molecule has 1 aliphatic rings. The number of ketones is 1. The normalized spacial score (nSPS) is 14.3. The molecule has 0 aromatic heterocycles. The third-order valence-corrected chi connectivity index (χ3v) is 5.15. The number of Topliss-reactive ketones (excluding diaryl/α,β-unsaturated/α-hetero) is 1. The van der Waals surface area contributed by atoms with Crippen LogP contribution in [0.5, 0.6) is 0 Å². The lowest BCUT2D eigenvalue weighted by Gasteiger charge is -2.21. The Bertz CT molecular complexity index is 1030. The maximum Gasteiger partial charge on any atom is 0.262 e. The molecule has 2 amide bonds. The zero-order chi connectivity index (χ0) is 21.8. The van der Waals surface area contributed by atoms with Gasteiger partial charge >= 0.3 is 0 Å². The second-order valence-electron chi connectivity index (χ2n) is 6.83. The molecule has 3 rings (SSSR count). The Morgan fingerprint density at radius 3 is 2.03 bits per heavy atom. The standard InChI is InChI=1S/C23H22N4O3/c1-4-26(5-2)17-12-10-16(11-13-17)25-20(14-24)21(28)15(3)27-22(29)18-8-6-7-9-19(18)23(27)30/h6-13,15H,4-5H2,1-3H3/t15-/m1/s1. The number of fused-ring (bicyclic) bond motifs is 1. The molecule has 7 nitrogen and oxygen atoms in total. The van der Waals surface area contributed by atoms with Crippen LogP contribution in [0.2, 0.25) is 0 Å². The summed E-state index contributed by atoms with van der Waals surface area (Å²) in [5.41, 5.74) is 1.62. The van der Waals surface area contributed by atoms with Crippen LogP contribution in [0.3, 0.4) is 0 Å². The number of carbonyl (C=O) groups excluding carboxylic acids is 3. The Morgan fingerprint density at radius 1 is 1.03 bits per heavy atom. The van der Waals surface area contributed by atoms with Crippen molar-refractivity contribution in [3.63, 3.8) is 0 Å². The van der Waals surface area contributed by atoms with Gasteiger partial charge in [-0.25, -0.2) is 4.99 Å². The number of amides is 2. The van der Waals surface area contributed by atoms with Crippen LogP contribution in [0.15, 0.2) is 53.5 Å². The number of carbonyl (C=O) groups is 3. The Morgan fingerprint density at radius 2 is 1.57 bits per heavy atom. The molecule has 2 aromatic carbocycles. The molecule has 0 N–H and O–H groups in total. The van der Waals surface area contributed by atoms with E-state index in [-0.39, 0.29) is 16.8 Å². The van der Waals surface area contributed by atoms with Gasteiger partial charge in [0, 0.05) is 18.8 Å². The lowest BCUT2D eigenvalue weighted by atomic mass is 10.1. The van der Waals surface area contributed by atoms with Gasteiger partial charge in [0.2, 0.25) is 5.78 Å². The first-order chi connectivity index (χ1) is 14.4. The number of imide groups is 1. The van der Waals surface area contributed by atoms with Gasteiger partial charge in [-0.1, -0.05) is 12.1 Å². The molecule has 30 heavy (non-hydrogen) atoms. The first kappa shape index (κ1) is 20.9. The van der Waals surface area contributed by atoms with E-state index in [4.69, 9.17) is 0 Å². The Balaban J connectivity index is 1.84. The molecule has 0 spiro atoms. The molecule has 7 heteroatoms. The number of hydrogen-bond donors (Lipinski definition) is 0. The minimum Gasteiger partial charge on any atom is -0.372 e. The molecule has 1 atom stereocenters. The van der Waals surface area contributed by atoms with Crippen molar-refractivity contribution in [3.05, 3.63) is 59.7 Å². The lowest BCUT2D eigenvalue weighted by Crippen LogP contribution is -2.45. The second kappa shape index (κ2) is 8.70. The van der Waals surface area contributed by atoms with Gasteiger partial charge in [-0.2, -0.15) is 5.26 Å². The molecule has 1 aliphatic heterocycles. The highest BCUT2D eigenvalue weighted by Gasteiger charge is 2.41. The van der Waals surface area contributed by atoms with Gasteiger partial charge in [-0.3, -0.25) is 19.3 Å². The summed E-state index contributed by atoms with van der Waals surface area (Å²) in [6.07, 6.45) is 0. The number of anilines is 1. The maximum absolute atomic E-state index is 12.9. The van der Waals surface area contributed by atoms with Crippen molar-refractivity contribution >= 4 is 34.7 Å². The van der Waals surface area contributed by atoms with E-state index in [0.717, 1.165) is 23.7 Å². The number of hydrogen-bond acceptors (Lipinski definition) is 6. The Kier molecular flexibility index (Phi) is 6.07. The van der Waals surface area contributed by atoms with E-state index in [2.05, 4.69) is 23.7 Å². The smallest absolute Gasteiger partial charge is 0.262 e. The number of nitrogens with zero attached hydrogens (tertiary/aromatic N) is 4. The number of nitriles is 1.